The second-order valence-electron chi connectivity index (χ2n) is 4.40. The van der Waals surface area contributed by atoms with E-state index >= 15 is 0 Å². The summed E-state index contributed by atoms with van der Waals surface area (Å²) >= 11 is 12.0. The van der Waals surface area contributed by atoms with Crippen molar-refractivity contribution in [3.8, 4) is 0 Å². The summed E-state index contributed by atoms with van der Waals surface area (Å²) in [5.41, 5.74) is 0.794. The lowest BCUT2D eigenvalue weighted by Gasteiger charge is -2.10. The van der Waals surface area contributed by atoms with Gasteiger partial charge in [-0.2, -0.15) is 0 Å². The van der Waals surface area contributed by atoms with Crippen LogP contribution in [0, 0.1) is 6.92 Å². The zero-order valence-electron chi connectivity index (χ0n) is 11.4. The number of halogens is 2. The molecule has 1 aromatic heterocycles. The fourth-order valence-electron chi connectivity index (χ4n) is 1.75. The number of nitrogens with one attached hydrogen (secondary N) is 2. The normalized spacial score (nSPS) is 10.4. The Balaban J connectivity index is 2.21. The summed E-state index contributed by atoms with van der Waals surface area (Å²) in [6.45, 7) is 4.83. The van der Waals surface area contributed by atoms with E-state index in [1.165, 1.54) is 0 Å². The van der Waals surface area contributed by atoms with Crippen molar-refractivity contribution < 1.29 is 0 Å². The molecular weight excluding hydrogens is 295 g/mol. The standard InChI is InChI=1S/C14H16Cl2N4/c1-3-4-17-13-8-14(19-9(2)18-13)20-12-6-10(15)5-11(16)7-12/h5-8H,3-4H2,1-2H3,(H2,17,18,19,20). The van der Waals surface area contributed by atoms with Crippen LogP contribution in [-0.4, -0.2) is 16.5 Å². The second kappa shape index (κ2) is 6.77. The van der Waals surface area contributed by atoms with Gasteiger partial charge in [0.2, 0.25) is 0 Å². The van der Waals surface area contributed by atoms with Crippen LogP contribution in [0.15, 0.2) is 24.3 Å². The number of hydrogen-bond donors (Lipinski definition) is 2. The lowest BCUT2D eigenvalue weighted by molar-refractivity contribution is 0.955. The number of nitrogens with zero attached hydrogens (tertiary/aromatic N) is 2. The molecule has 106 valence electrons. The van der Waals surface area contributed by atoms with E-state index < -0.39 is 0 Å². The maximum atomic E-state index is 5.98. The van der Waals surface area contributed by atoms with Crippen LogP contribution in [0.2, 0.25) is 10.0 Å². The van der Waals surface area contributed by atoms with Crippen LogP contribution in [0.1, 0.15) is 19.2 Å². The minimum absolute atomic E-state index is 0.579. The highest BCUT2D eigenvalue weighted by Crippen LogP contribution is 2.25. The van der Waals surface area contributed by atoms with Crippen LogP contribution in [0.25, 0.3) is 0 Å². The van der Waals surface area contributed by atoms with Gasteiger partial charge in [-0.25, -0.2) is 9.97 Å². The van der Waals surface area contributed by atoms with Gasteiger partial charge >= 0.3 is 0 Å². The van der Waals surface area contributed by atoms with Gasteiger partial charge in [0.05, 0.1) is 0 Å². The molecule has 0 spiro atoms. The number of hydrogen-bond acceptors (Lipinski definition) is 4. The van der Waals surface area contributed by atoms with Crippen LogP contribution in [0.4, 0.5) is 17.3 Å². The maximum Gasteiger partial charge on any atom is 0.136 e. The molecular formula is C14H16Cl2N4. The van der Waals surface area contributed by atoms with Gasteiger partial charge in [0, 0.05) is 28.3 Å². The van der Waals surface area contributed by atoms with Crippen molar-refractivity contribution in [2.24, 2.45) is 0 Å². The average Bonchev–Trinajstić information content (AvgIpc) is 2.34. The molecule has 2 rings (SSSR count). The summed E-state index contributed by atoms with van der Waals surface area (Å²) in [6.07, 6.45) is 1.04. The third-order valence-corrected chi connectivity index (χ3v) is 2.97. The van der Waals surface area contributed by atoms with Crippen molar-refractivity contribution in [2.75, 3.05) is 17.2 Å². The number of anilines is 3. The lowest BCUT2D eigenvalue weighted by atomic mass is 10.3. The summed E-state index contributed by atoms with van der Waals surface area (Å²) in [7, 11) is 0. The molecule has 1 heterocycles. The highest BCUT2D eigenvalue weighted by Gasteiger charge is 2.04. The average molecular weight is 311 g/mol. The zero-order chi connectivity index (χ0) is 14.5. The van der Waals surface area contributed by atoms with Gasteiger partial charge in [0.25, 0.3) is 0 Å². The Kier molecular flexibility index (Phi) is 5.04. The first kappa shape index (κ1) is 14.9. The molecule has 0 aliphatic rings. The molecule has 1 aromatic carbocycles. The van der Waals surface area contributed by atoms with E-state index in [1.54, 1.807) is 18.2 Å². The summed E-state index contributed by atoms with van der Waals surface area (Å²) in [5.74, 6) is 2.20. The van der Waals surface area contributed by atoms with Crippen LogP contribution < -0.4 is 10.6 Å². The van der Waals surface area contributed by atoms with E-state index in [0.29, 0.717) is 21.7 Å². The third kappa shape index (κ3) is 4.25. The monoisotopic (exact) mass is 310 g/mol. The molecule has 0 saturated carbocycles. The van der Waals surface area contributed by atoms with Gasteiger partial charge in [-0.05, 0) is 31.5 Å². The van der Waals surface area contributed by atoms with Gasteiger partial charge in [-0.15, -0.1) is 0 Å². The Bertz CT molecular complexity index is 581. The van der Waals surface area contributed by atoms with Crippen molar-refractivity contribution in [3.63, 3.8) is 0 Å². The van der Waals surface area contributed by atoms with Gasteiger partial charge in [-0.3, -0.25) is 0 Å². The van der Waals surface area contributed by atoms with E-state index in [9.17, 15) is 0 Å². The molecule has 6 heteroatoms. The molecule has 0 atom stereocenters. The van der Waals surface area contributed by atoms with Crippen molar-refractivity contribution in [1.29, 1.82) is 0 Å². The van der Waals surface area contributed by atoms with E-state index in [4.69, 9.17) is 23.2 Å². The van der Waals surface area contributed by atoms with Crippen molar-refractivity contribution >= 4 is 40.5 Å². The SMILES string of the molecule is CCCNc1cc(Nc2cc(Cl)cc(Cl)c2)nc(C)n1. The van der Waals surface area contributed by atoms with E-state index in [2.05, 4.69) is 27.5 Å². The summed E-state index contributed by atoms with van der Waals surface area (Å²) in [4.78, 5) is 8.68. The van der Waals surface area contributed by atoms with Crippen molar-refractivity contribution in [1.82, 2.24) is 9.97 Å². The van der Waals surface area contributed by atoms with E-state index in [0.717, 1.165) is 24.5 Å². The minimum Gasteiger partial charge on any atom is -0.370 e. The lowest BCUT2D eigenvalue weighted by Crippen LogP contribution is -2.05. The van der Waals surface area contributed by atoms with Gasteiger partial charge in [0.1, 0.15) is 17.5 Å². The van der Waals surface area contributed by atoms with Crippen LogP contribution in [0.5, 0.6) is 0 Å². The molecule has 0 aliphatic heterocycles. The van der Waals surface area contributed by atoms with Crippen LogP contribution in [-0.2, 0) is 0 Å². The van der Waals surface area contributed by atoms with Crippen molar-refractivity contribution in [3.05, 3.63) is 40.1 Å². The Morgan fingerprint density at radius 3 is 2.30 bits per heavy atom. The summed E-state index contributed by atoms with van der Waals surface area (Å²) in [5, 5.41) is 7.58. The Morgan fingerprint density at radius 1 is 1.00 bits per heavy atom. The first-order chi connectivity index (χ1) is 9.56. The first-order valence-corrected chi connectivity index (χ1v) is 7.15. The topological polar surface area (TPSA) is 49.8 Å². The fourth-order valence-corrected chi connectivity index (χ4v) is 2.28. The fraction of sp³-hybridized carbons (Fsp3) is 0.286. The summed E-state index contributed by atoms with van der Waals surface area (Å²) < 4.78 is 0. The third-order valence-electron chi connectivity index (χ3n) is 2.53. The molecule has 2 N–H and O–H groups in total. The number of aromatic nitrogens is 2. The van der Waals surface area contributed by atoms with Crippen molar-refractivity contribution in [2.45, 2.75) is 20.3 Å². The Hall–Kier alpha value is -1.52. The summed E-state index contributed by atoms with van der Waals surface area (Å²) in [6, 6.07) is 7.14. The number of rotatable bonds is 5. The largest absolute Gasteiger partial charge is 0.370 e. The molecule has 0 bridgehead atoms. The first-order valence-electron chi connectivity index (χ1n) is 6.39. The van der Waals surface area contributed by atoms with E-state index in [-0.39, 0.29) is 0 Å². The Labute approximate surface area is 128 Å². The second-order valence-corrected chi connectivity index (χ2v) is 5.27. The van der Waals surface area contributed by atoms with Gasteiger partial charge < -0.3 is 10.6 Å². The van der Waals surface area contributed by atoms with Gasteiger partial charge in [0.15, 0.2) is 0 Å². The molecule has 20 heavy (non-hydrogen) atoms. The molecule has 4 nitrogen and oxygen atoms in total. The molecule has 0 unspecified atom stereocenters. The molecule has 2 aromatic rings. The zero-order valence-corrected chi connectivity index (χ0v) is 12.9. The predicted octanol–water partition coefficient (Wildman–Crippen LogP) is 4.66. The quantitative estimate of drug-likeness (QED) is 0.843. The Morgan fingerprint density at radius 2 is 1.65 bits per heavy atom. The van der Waals surface area contributed by atoms with E-state index in [1.807, 2.05) is 13.0 Å². The number of aryl methyl sites for hydroxylation is 1. The number of benzene rings is 1. The molecule has 0 saturated heterocycles. The minimum atomic E-state index is 0.579. The smallest absolute Gasteiger partial charge is 0.136 e. The highest BCUT2D eigenvalue weighted by molar-refractivity contribution is 6.35. The molecule has 0 amide bonds. The molecule has 0 aliphatic carbocycles. The van der Waals surface area contributed by atoms with Gasteiger partial charge in [-0.1, -0.05) is 30.1 Å². The van der Waals surface area contributed by atoms with Crippen LogP contribution >= 0.6 is 23.2 Å². The molecule has 0 fully saturated rings. The molecule has 0 radical (unpaired) electrons. The maximum absolute atomic E-state index is 5.98. The predicted molar refractivity (Wildman–Crippen MR) is 85.3 cm³/mol. The highest BCUT2D eigenvalue weighted by atomic mass is 35.5. The van der Waals surface area contributed by atoms with Crippen LogP contribution in [0.3, 0.4) is 0 Å².